The number of hydrogen-bond donors (Lipinski definition) is 1. The van der Waals surface area contributed by atoms with Crippen molar-refractivity contribution in [3.63, 3.8) is 0 Å². The van der Waals surface area contributed by atoms with Crippen LogP contribution in [-0.2, 0) is 4.74 Å². The molecule has 0 saturated heterocycles. The minimum atomic E-state index is -1.19. The molecule has 1 rings (SSSR count). The molecule has 0 amide bonds. The van der Waals surface area contributed by atoms with Gasteiger partial charge in [-0.3, -0.25) is 0 Å². The molecule has 1 heterocycles. The van der Waals surface area contributed by atoms with Crippen LogP contribution in [0.3, 0.4) is 0 Å². The van der Waals surface area contributed by atoms with Crippen molar-refractivity contribution >= 4 is 11.9 Å². The highest BCUT2D eigenvalue weighted by molar-refractivity contribution is 5.93. The molecule has 0 atom stereocenters. The van der Waals surface area contributed by atoms with E-state index < -0.39 is 11.9 Å². The minimum absolute atomic E-state index is 0.0924. The molecule has 0 aromatic carbocycles. The Morgan fingerprint density at radius 3 is 2.55 bits per heavy atom. The van der Waals surface area contributed by atoms with Gasteiger partial charge in [-0.05, 0) is 18.9 Å². The van der Waals surface area contributed by atoms with Crippen LogP contribution in [0.4, 0.5) is 0 Å². The number of carboxylic acid groups (broad SMARTS) is 1. The number of carbonyl (C=O) groups excluding carboxylic acids is 1. The average Bonchev–Trinajstić information content (AvgIpc) is 2.52. The summed E-state index contributed by atoms with van der Waals surface area (Å²) in [7, 11) is 0. The van der Waals surface area contributed by atoms with E-state index in [0.717, 1.165) is 32.1 Å². The molecule has 0 aliphatic rings. The van der Waals surface area contributed by atoms with Gasteiger partial charge in [0.1, 0.15) is 0 Å². The van der Waals surface area contributed by atoms with Crippen LogP contribution in [0.25, 0.3) is 0 Å². The summed E-state index contributed by atoms with van der Waals surface area (Å²) in [6, 6.07) is 1.38. The summed E-state index contributed by atoms with van der Waals surface area (Å²) in [6.07, 6.45) is 6.00. The van der Waals surface area contributed by atoms with Crippen molar-refractivity contribution < 1.29 is 24.2 Å². The SMILES string of the molecule is CCCCCCOC(=O)c1cnc(C(=O)O)c(OCCC)c1. The minimum Gasteiger partial charge on any atom is -0.491 e. The van der Waals surface area contributed by atoms with Gasteiger partial charge in [-0.2, -0.15) is 0 Å². The normalized spacial score (nSPS) is 10.3. The molecular formula is C16H23NO5. The summed E-state index contributed by atoms with van der Waals surface area (Å²) in [5.41, 5.74) is -0.000426. The first-order valence-electron chi connectivity index (χ1n) is 7.63. The summed E-state index contributed by atoms with van der Waals surface area (Å²) >= 11 is 0. The van der Waals surface area contributed by atoms with Gasteiger partial charge in [0.05, 0.1) is 18.8 Å². The van der Waals surface area contributed by atoms with E-state index in [1.165, 1.54) is 12.3 Å². The van der Waals surface area contributed by atoms with Crippen LogP contribution in [0, 0.1) is 0 Å². The molecule has 6 nitrogen and oxygen atoms in total. The molecule has 0 spiro atoms. The van der Waals surface area contributed by atoms with E-state index in [0.29, 0.717) is 13.2 Å². The molecule has 0 saturated carbocycles. The quantitative estimate of drug-likeness (QED) is 0.527. The molecule has 0 aliphatic carbocycles. The molecule has 1 aromatic rings. The molecular weight excluding hydrogens is 286 g/mol. The summed E-state index contributed by atoms with van der Waals surface area (Å²) in [5.74, 6) is -1.61. The summed E-state index contributed by atoms with van der Waals surface area (Å²) in [5, 5.41) is 9.06. The lowest BCUT2D eigenvalue weighted by atomic mass is 10.2. The predicted octanol–water partition coefficient (Wildman–Crippen LogP) is 3.31. The number of pyridine rings is 1. The third kappa shape index (κ3) is 5.71. The molecule has 0 aliphatic heterocycles. The molecule has 0 fully saturated rings. The second-order valence-electron chi connectivity index (χ2n) is 4.92. The Labute approximate surface area is 130 Å². The van der Waals surface area contributed by atoms with Crippen LogP contribution in [0.1, 0.15) is 66.8 Å². The Hall–Kier alpha value is -2.11. The number of aromatic nitrogens is 1. The Kier molecular flexibility index (Phi) is 7.96. The van der Waals surface area contributed by atoms with Crippen molar-refractivity contribution in [3.05, 3.63) is 23.5 Å². The van der Waals surface area contributed by atoms with Gasteiger partial charge in [-0.15, -0.1) is 0 Å². The zero-order chi connectivity index (χ0) is 16.4. The second kappa shape index (κ2) is 9.76. The molecule has 6 heteroatoms. The molecule has 0 radical (unpaired) electrons. The highest BCUT2D eigenvalue weighted by Crippen LogP contribution is 2.19. The topological polar surface area (TPSA) is 85.7 Å². The molecule has 22 heavy (non-hydrogen) atoms. The van der Waals surface area contributed by atoms with Crippen LogP contribution in [0.2, 0.25) is 0 Å². The molecule has 1 N–H and O–H groups in total. The smallest absolute Gasteiger partial charge is 0.358 e. The van der Waals surface area contributed by atoms with Crippen LogP contribution in [0.5, 0.6) is 5.75 Å². The van der Waals surface area contributed by atoms with Crippen LogP contribution < -0.4 is 4.74 Å². The fourth-order valence-corrected chi connectivity index (χ4v) is 1.82. The zero-order valence-corrected chi connectivity index (χ0v) is 13.1. The number of carboxylic acids is 1. The first-order valence-corrected chi connectivity index (χ1v) is 7.63. The summed E-state index contributed by atoms with van der Waals surface area (Å²) in [6.45, 7) is 4.73. The molecule has 1 aromatic heterocycles. The lowest BCUT2D eigenvalue weighted by Crippen LogP contribution is -2.11. The van der Waals surface area contributed by atoms with E-state index in [2.05, 4.69) is 11.9 Å². The Morgan fingerprint density at radius 1 is 1.14 bits per heavy atom. The fraction of sp³-hybridized carbons (Fsp3) is 0.562. The number of aromatic carboxylic acids is 1. The number of hydrogen-bond acceptors (Lipinski definition) is 5. The zero-order valence-electron chi connectivity index (χ0n) is 13.1. The fourth-order valence-electron chi connectivity index (χ4n) is 1.82. The maximum atomic E-state index is 11.9. The maximum Gasteiger partial charge on any atom is 0.358 e. The highest BCUT2D eigenvalue weighted by atomic mass is 16.5. The third-order valence-corrected chi connectivity index (χ3v) is 2.98. The highest BCUT2D eigenvalue weighted by Gasteiger charge is 2.17. The number of esters is 1. The average molecular weight is 309 g/mol. The second-order valence-corrected chi connectivity index (χ2v) is 4.92. The number of unbranched alkanes of at least 4 members (excludes halogenated alkanes) is 3. The van der Waals surface area contributed by atoms with Gasteiger partial charge in [0.2, 0.25) is 0 Å². The molecule has 0 bridgehead atoms. The number of carbonyl (C=O) groups is 2. The van der Waals surface area contributed by atoms with E-state index in [1.807, 2.05) is 6.92 Å². The van der Waals surface area contributed by atoms with Crippen molar-refractivity contribution in [2.24, 2.45) is 0 Å². The summed E-state index contributed by atoms with van der Waals surface area (Å²) < 4.78 is 10.5. The maximum absolute atomic E-state index is 11.9. The number of ether oxygens (including phenoxy) is 2. The predicted molar refractivity (Wildman–Crippen MR) is 81.4 cm³/mol. The lowest BCUT2D eigenvalue weighted by Gasteiger charge is -2.09. The van der Waals surface area contributed by atoms with Crippen molar-refractivity contribution in [1.82, 2.24) is 4.98 Å². The van der Waals surface area contributed by atoms with Crippen LogP contribution in [-0.4, -0.2) is 35.2 Å². The van der Waals surface area contributed by atoms with Gasteiger partial charge < -0.3 is 14.6 Å². The Morgan fingerprint density at radius 2 is 1.91 bits per heavy atom. The van der Waals surface area contributed by atoms with E-state index in [9.17, 15) is 9.59 Å². The van der Waals surface area contributed by atoms with E-state index in [-0.39, 0.29) is 17.0 Å². The van der Waals surface area contributed by atoms with Crippen LogP contribution >= 0.6 is 0 Å². The number of nitrogens with zero attached hydrogens (tertiary/aromatic N) is 1. The summed E-state index contributed by atoms with van der Waals surface area (Å²) in [4.78, 5) is 26.8. The van der Waals surface area contributed by atoms with Gasteiger partial charge in [-0.25, -0.2) is 14.6 Å². The molecule has 122 valence electrons. The van der Waals surface area contributed by atoms with Gasteiger partial charge in [-0.1, -0.05) is 33.1 Å². The first kappa shape index (κ1) is 17.9. The number of rotatable bonds is 10. The van der Waals surface area contributed by atoms with E-state index in [4.69, 9.17) is 14.6 Å². The lowest BCUT2D eigenvalue weighted by molar-refractivity contribution is 0.0495. The van der Waals surface area contributed by atoms with Gasteiger partial charge in [0, 0.05) is 6.20 Å². The van der Waals surface area contributed by atoms with E-state index >= 15 is 0 Å². The molecule has 0 unspecified atom stereocenters. The van der Waals surface area contributed by atoms with Gasteiger partial charge >= 0.3 is 11.9 Å². The van der Waals surface area contributed by atoms with Crippen molar-refractivity contribution in [2.75, 3.05) is 13.2 Å². The Balaban J connectivity index is 2.69. The van der Waals surface area contributed by atoms with Gasteiger partial charge in [0.25, 0.3) is 0 Å². The van der Waals surface area contributed by atoms with Gasteiger partial charge in [0.15, 0.2) is 11.4 Å². The monoisotopic (exact) mass is 309 g/mol. The first-order chi connectivity index (χ1) is 10.6. The van der Waals surface area contributed by atoms with E-state index in [1.54, 1.807) is 0 Å². The largest absolute Gasteiger partial charge is 0.491 e. The van der Waals surface area contributed by atoms with Crippen molar-refractivity contribution in [1.29, 1.82) is 0 Å². The Bertz CT molecular complexity index is 501. The van der Waals surface area contributed by atoms with Crippen molar-refractivity contribution in [3.8, 4) is 5.75 Å². The van der Waals surface area contributed by atoms with Crippen molar-refractivity contribution in [2.45, 2.75) is 46.0 Å². The van der Waals surface area contributed by atoms with Crippen LogP contribution in [0.15, 0.2) is 12.3 Å². The third-order valence-electron chi connectivity index (χ3n) is 2.98. The standard InChI is InChI=1S/C16H23NO5/c1-3-5-6-7-9-22-16(20)12-10-13(21-8-4-2)14(15(18)19)17-11-12/h10-11H,3-9H2,1-2H3,(H,18,19).